The zero-order chi connectivity index (χ0) is 13.5. The topological polar surface area (TPSA) is 30.5 Å². The smallest absolute Gasteiger partial charge is 0.0657 e. The fourth-order valence-electron chi connectivity index (χ4n) is 2.80. The molecule has 0 spiro atoms. The summed E-state index contributed by atoms with van der Waals surface area (Å²) in [7, 11) is 1.76. The Bertz CT molecular complexity index is 355. The van der Waals surface area contributed by atoms with Crippen molar-refractivity contribution >= 4 is 0 Å². The van der Waals surface area contributed by atoms with E-state index in [1.54, 1.807) is 7.11 Å². The molecular weight excluding hydrogens is 238 g/mol. The number of ether oxygens (including phenoxy) is 2. The Hall–Kier alpha value is -0.900. The van der Waals surface area contributed by atoms with Crippen LogP contribution in [0.25, 0.3) is 0 Å². The summed E-state index contributed by atoms with van der Waals surface area (Å²) in [6.45, 7) is 4.81. The first-order valence-electron chi connectivity index (χ1n) is 7.24. The van der Waals surface area contributed by atoms with Crippen molar-refractivity contribution in [3.05, 3.63) is 35.9 Å². The highest BCUT2D eigenvalue weighted by Gasteiger charge is 2.27. The molecule has 1 aromatic rings. The van der Waals surface area contributed by atoms with Crippen molar-refractivity contribution in [2.24, 2.45) is 5.92 Å². The van der Waals surface area contributed by atoms with Crippen LogP contribution in [0, 0.1) is 5.92 Å². The molecule has 3 atom stereocenters. The van der Waals surface area contributed by atoms with Gasteiger partial charge in [-0.1, -0.05) is 37.3 Å². The van der Waals surface area contributed by atoms with Crippen LogP contribution in [0.5, 0.6) is 0 Å². The third kappa shape index (κ3) is 4.03. The summed E-state index contributed by atoms with van der Waals surface area (Å²) < 4.78 is 11.1. The Balaban J connectivity index is 1.90. The minimum Gasteiger partial charge on any atom is -0.383 e. The molecule has 106 valence electrons. The van der Waals surface area contributed by atoms with Gasteiger partial charge < -0.3 is 14.8 Å². The molecule has 0 aliphatic carbocycles. The molecular formula is C16H25NO2. The van der Waals surface area contributed by atoms with Gasteiger partial charge in [-0.25, -0.2) is 0 Å². The molecule has 0 radical (unpaired) electrons. The molecule has 0 aromatic heterocycles. The van der Waals surface area contributed by atoms with Gasteiger partial charge in [0, 0.05) is 20.3 Å². The van der Waals surface area contributed by atoms with E-state index < -0.39 is 0 Å². The van der Waals surface area contributed by atoms with E-state index in [4.69, 9.17) is 9.47 Å². The number of hydrogen-bond donors (Lipinski definition) is 1. The molecule has 0 saturated carbocycles. The van der Waals surface area contributed by atoms with Crippen LogP contribution in [0.15, 0.2) is 30.3 Å². The van der Waals surface area contributed by atoms with Crippen molar-refractivity contribution in [3.63, 3.8) is 0 Å². The van der Waals surface area contributed by atoms with Crippen molar-refractivity contribution < 1.29 is 9.47 Å². The van der Waals surface area contributed by atoms with Gasteiger partial charge in [0.25, 0.3) is 0 Å². The monoisotopic (exact) mass is 263 g/mol. The molecule has 3 unspecified atom stereocenters. The Morgan fingerprint density at radius 2 is 2.16 bits per heavy atom. The van der Waals surface area contributed by atoms with Gasteiger partial charge in [0.15, 0.2) is 0 Å². The molecule has 1 heterocycles. The first-order valence-corrected chi connectivity index (χ1v) is 7.24. The van der Waals surface area contributed by atoms with Gasteiger partial charge in [-0.3, -0.25) is 0 Å². The lowest BCUT2D eigenvalue weighted by Crippen LogP contribution is -2.33. The molecule has 0 bridgehead atoms. The van der Waals surface area contributed by atoms with E-state index in [0.29, 0.717) is 18.6 Å². The van der Waals surface area contributed by atoms with E-state index in [9.17, 15) is 0 Å². The van der Waals surface area contributed by atoms with Crippen LogP contribution >= 0.6 is 0 Å². The fourth-order valence-corrected chi connectivity index (χ4v) is 2.80. The average Bonchev–Trinajstić information content (AvgIpc) is 2.92. The zero-order valence-electron chi connectivity index (χ0n) is 12.0. The second-order valence-corrected chi connectivity index (χ2v) is 5.19. The second kappa shape index (κ2) is 7.63. The maximum atomic E-state index is 5.74. The third-order valence-electron chi connectivity index (χ3n) is 3.91. The van der Waals surface area contributed by atoms with Gasteiger partial charge in [0.1, 0.15) is 0 Å². The SMILES string of the molecule is CCC1OCCC1CNC(COC)c1ccccc1. The minimum atomic E-state index is 0.268. The Morgan fingerprint density at radius 3 is 2.84 bits per heavy atom. The highest BCUT2D eigenvalue weighted by molar-refractivity contribution is 5.19. The summed E-state index contributed by atoms with van der Waals surface area (Å²) in [5, 5.41) is 3.64. The minimum absolute atomic E-state index is 0.268. The molecule has 1 aromatic carbocycles. The Morgan fingerprint density at radius 1 is 1.37 bits per heavy atom. The quantitative estimate of drug-likeness (QED) is 0.820. The van der Waals surface area contributed by atoms with E-state index in [-0.39, 0.29) is 6.04 Å². The maximum Gasteiger partial charge on any atom is 0.0657 e. The molecule has 1 aliphatic heterocycles. The van der Waals surface area contributed by atoms with Crippen molar-refractivity contribution in [1.29, 1.82) is 0 Å². The summed E-state index contributed by atoms with van der Waals surface area (Å²) in [5.41, 5.74) is 1.29. The number of nitrogens with one attached hydrogen (secondary N) is 1. The van der Waals surface area contributed by atoms with Crippen molar-refractivity contribution in [1.82, 2.24) is 5.32 Å². The van der Waals surface area contributed by atoms with Crippen molar-refractivity contribution in [2.45, 2.75) is 31.9 Å². The van der Waals surface area contributed by atoms with Crippen LogP contribution in [-0.2, 0) is 9.47 Å². The molecule has 1 fully saturated rings. The van der Waals surface area contributed by atoms with Crippen LogP contribution in [0.4, 0.5) is 0 Å². The van der Waals surface area contributed by atoms with E-state index in [0.717, 1.165) is 19.6 Å². The predicted molar refractivity (Wildman–Crippen MR) is 77.2 cm³/mol. The molecule has 1 aliphatic rings. The lowest BCUT2D eigenvalue weighted by molar-refractivity contribution is 0.0848. The standard InChI is InChI=1S/C16H25NO2/c1-3-16-14(9-10-19-16)11-17-15(12-18-2)13-7-5-4-6-8-13/h4-8,14-17H,3,9-12H2,1-2H3. The van der Waals surface area contributed by atoms with Gasteiger partial charge in [-0.2, -0.15) is 0 Å². The van der Waals surface area contributed by atoms with Gasteiger partial charge in [0.2, 0.25) is 0 Å². The molecule has 19 heavy (non-hydrogen) atoms. The summed E-state index contributed by atoms with van der Waals surface area (Å²) in [6, 6.07) is 10.8. The summed E-state index contributed by atoms with van der Waals surface area (Å²) in [5.74, 6) is 0.632. The van der Waals surface area contributed by atoms with E-state index in [1.807, 2.05) is 6.07 Å². The maximum absolute atomic E-state index is 5.74. The van der Waals surface area contributed by atoms with Crippen molar-refractivity contribution in [2.75, 3.05) is 26.9 Å². The molecule has 0 amide bonds. The van der Waals surface area contributed by atoms with Gasteiger partial charge in [0.05, 0.1) is 18.8 Å². The molecule has 2 rings (SSSR count). The lowest BCUT2D eigenvalue weighted by atomic mass is 9.98. The largest absolute Gasteiger partial charge is 0.383 e. The summed E-state index contributed by atoms with van der Waals surface area (Å²) >= 11 is 0. The summed E-state index contributed by atoms with van der Waals surface area (Å²) in [6.07, 6.45) is 2.69. The lowest BCUT2D eigenvalue weighted by Gasteiger charge is -2.23. The average molecular weight is 263 g/mol. The van der Waals surface area contributed by atoms with E-state index in [1.165, 1.54) is 12.0 Å². The molecule has 3 nitrogen and oxygen atoms in total. The fraction of sp³-hybridized carbons (Fsp3) is 0.625. The van der Waals surface area contributed by atoms with Crippen LogP contribution in [-0.4, -0.2) is 33.0 Å². The van der Waals surface area contributed by atoms with Crippen LogP contribution in [0.2, 0.25) is 0 Å². The number of methoxy groups -OCH3 is 1. The number of benzene rings is 1. The van der Waals surface area contributed by atoms with E-state index in [2.05, 4.69) is 36.5 Å². The molecule has 3 heteroatoms. The normalized spacial score (nSPS) is 24.5. The first-order chi connectivity index (χ1) is 9.35. The third-order valence-corrected chi connectivity index (χ3v) is 3.91. The van der Waals surface area contributed by atoms with Gasteiger partial charge >= 0.3 is 0 Å². The van der Waals surface area contributed by atoms with Crippen LogP contribution in [0.3, 0.4) is 0 Å². The highest BCUT2D eigenvalue weighted by Crippen LogP contribution is 2.23. The molecule has 1 saturated heterocycles. The van der Waals surface area contributed by atoms with E-state index >= 15 is 0 Å². The Kier molecular flexibility index (Phi) is 5.83. The highest BCUT2D eigenvalue weighted by atomic mass is 16.5. The van der Waals surface area contributed by atoms with Crippen LogP contribution < -0.4 is 5.32 Å². The second-order valence-electron chi connectivity index (χ2n) is 5.19. The number of rotatable bonds is 7. The van der Waals surface area contributed by atoms with Gasteiger partial charge in [-0.05, 0) is 24.3 Å². The molecule has 1 N–H and O–H groups in total. The number of hydrogen-bond acceptors (Lipinski definition) is 3. The van der Waals surface area contributed by atoms with Crippen LogP contribution in [0.1, 0.15) is 31.4 Å². The first kappa shape index (κ1) is 14.5. The van der Waals surface area contributed by atoms with Gasteiger partial charge in [-0.15, -0.1) is 0 Å². The zero-order valence-corrected chi connectivity index (χ0v) is 12.0. The Labute approximate surface area is 116 Å². The predicted octanol–water partition coefficient (Wildman–Crippen LogP) is 2.78. The summed E-state index contributed by atoms with van der Waals surface area (Å²) in [4.78, 5) is 0. The van der Waals surface area contributed by atoms with Crippen molar-refractivity contribution in [3.8, 4) is 0 Å².